The van der Waals surface area contributed by atoms with Gasteiger partial charge in [0.15, 0.2) is 0 Å². The molecule has 1 aliphatic rings. The van der Waals surface area contributed by atoms with Gasteiger partial charge in [-0.15, -0.1) is 0 Å². The Morgan fingerprint density at radius 1 is 1.27 bits per heavy atom. The van der Waals surface area contributed by atoms with Crippen LogP contribution in [0.2, 0.25) is 0 Å². The van der Waals surface area contributed by atoms with E-state index in [0.717, 1.165) is 12.8 Å². The van der Waals surface area contributed by atoms with E-state index in [4.69, 9.17) is 0 Å². The number of nitrogens with zero attached hydrogens (tertiary/aromatic N) is 5. The Kier molecular flexibility index (Phi) is 5.20. The number of hydrogen-bond acceptors (Lipinski definition) is 8. The van der Waals surface area contributed by atoms with Gasteiger partial charge in [-0.05, 0) is 30.9 Å². The minimum absolute atomic E-state index is 0.0668. The maximum Gasteiger partial charge on any atom is 0.355 e. The number of nitro groups is 1. The fourth-order valence-corrected chi connectivity index (χ4v) is 2.76. The first-order chi connectivity index (χ1) is 12.6. The summed E-state index contributed by atoms with van der Waals surface area (Å²) in [6, 6.07) is 4.89. The van der Waals surface area contributed by atoms with E-state index in [1.54, 1.807) is 12.1 Å². The average Bonchev–Trinajstić information content (AvgIpc) is 2.67. The largest absolute Gasteiger partial charge is 0.355 e. The highest BCUT2D eigenvalue weighted by Crippen LogP contribution is 2.33. The van der Waals surface area contributed by atoms with Crippen molar-refractivity contribution in [1.82, 2.24) is 20.4 Å². The van der Waals surface area contributed by atoms with Crippen molar-refractivity contribution in [2.75, 3.05) is 23.4 Å². The molecule has 0 aromatic carbocycles. The van der Waals surface area contributed by atoms with E-state index in [9.17, 15) is 14.9 Å². The van der Waals surface area contributed by atoms with E-state index in [0.29, 0.717) is 19.0 Å². The van der Waals surface area contributed by atoms with Crippen LogP contribution < -0.4 is 15.8 Å². The molecule has 0 atom stereocenters. The van der Waals surface area contributed by atoms with E-state index in [1.165, 1.54) is 18.6 Å². The zero-order valence-electron chi connectivity index (χ0n) is 14.3. The van der Waals surface area contributed by atoms with Gasteiger partial charge in [0.2, 0.25) is 11.6 Å². The molecule has 26 heavy (non-hydrogen) atoms. The van der Waals surface area contributed by atoms with Gasteiger partial charge >= 0.3 is 5.69 Å². The van der Waals surface area contributed by atoms with Gasteiger partial charge in [-0.25, -0.2) is 9.97 Å². The summed E-state index contributed by atoms with van der Waals surface area (Å²) in [4.78, 5) is 36.9. The lowest BCUT2D eigenvalue weighted by molar-refractivity contribution is -0.383. The molecule has 3 rings (SSSR count). The highest BCUT2D eigenvalue weighted by atomic mass is 16.6. The number of nitrogens with one attached hydrogen (secondary N) is 2. The summed E-state index contributed by atoms with van der Waals surface area (Å²) < 4.78 is 0. The van der Waals surface area contributed by atoms with Crippen LogP contribution in [-0.4, -0.2) is 38.9 Å². The summed E-state index contributed by atoms with van der Waals surface area (Å²) in [6.45, 7) is 3.55. The number of anilines is 2. The van der Waals surface area contributed by atoms with E-state index < -0.39 is 10.8 Å². The third kappa shape index (κ3) is 3.85. The first kappa shape index (κ1) is 17.5. The van der Waals surface area contributed by atoms with Crippen LogP contribution in [0, 0.1) is 16.0 Å². The summed E-state index contributed by atoms with van der Waals surface area (Å²) in [5.41, 5.74) is 4.83. The Balaban J connectivity index is 1.80. The number of hydrogen-bond donors (Lipinski definition) is 2. The molecule has 2 N–H and O–H groups in total. The van der Waals surface area contributed by atoms with Crippen LogP contribution in [0.25, 0.3) is 0 Å². The molecule has 1 fully saturated rings. The van der Waals surface area contributed by atoms with Crippen molar-refractivity contribution >= 4 is 23.2 Å². The van der Waals surface area contributed by atoms with Gasteiger partial charge in [0.05, 0.1) is 4.92 Å². The van der Waals surface area contributed by atoms with Crippen LogP contribution in [0.15, 0.2) is 30.7 Å². The van der Waals surface area contributed by atoms with Crippen LogP contribution in [0.5, 0.6) is 0 Å². The normalized spacial score (nSPS) is 14.7. The molecule has 0 aliphatic carbocycles. The highest BCUT2D eigenvalue weighted by molar-refractivity contribution is 5.93. The number of pyridine rings is 1. The number of rotatable bonds is 5. The summed E-state index contributed by atoms with van der Waals surface area (Å²) >= 11 is 0. The fourth-order valence-electron chi connectivity index (χ4n) is 2.76. The topological polar surface area (TPSA) is 126 Å². The van der Waals surface area contributed by atoms with Crippen molar-refractivity contribution in [1.29, 1.82) is 0 Å². The number of aromatic nitrogens is 3. The molecular formula is C16H19N7O3. The average molecular weight is 357 g/mol. The SMILES string of the molecule is CC1CCN(c2ncnc(NNC(=O)c3ccccn3)c2[N+](=O)[O-])CC1. The zero-order valence-corrected chi connectivity index (χ0v) is 14.3. The minimum Gasteiger partial charge on any atom is -0.351 e. The molecule has 0 radical (unpaired) electrons. The molecule has 2 aromatic heterocycles. The molecule has 1 amide bonds. The number of carbonyl (C=O) groups excluding carboxylic acids is 1. The summed E-state index contributed by atoms with van der Waals surface area (Å²) in [6.07, 6.45) is 4.62. The van der Waals surface area contributed by atoms with E-state index in [1.807, 2.05) is 4.90 Å². The lowest BCUT2D eigenvalue weighted by Gasteiger charge is -2.30. The summed E-state index contributed by atoms with van der Waals surface area (Å²) in [7, 11) is 0. The predicted octanol–water partition coefficient (Wildman–Crippen LogP) is 1.77. The Morgan fingerprint density at radius 2 is 2.04 bits per heavy atom. The standard InChI is InChI=1S/C16H19N7O3/c1-11-5-8-22(9-6-11)15-13(23(25)26)14(18-10-19-15)20-21-16(24)12-4-2-3-7-17-12/h2-4,7,10-11H,5-6,8-9H2,1H3,(H,21,24)(H,18,19,20). The number of piperidine rings is 1. The first-order valence-electron chi connectivity index (χ1n) is 8.28. The fraction of sp³-hybridized carbons (Fsp3) is 0.375. The highest BCUT2D eigenvalue weighted by Gasteiger charge is 2.29. The lowest BCUT2D eigenvalue weighted by Crippen LogP contribution is -2.35. The zero-order chi connectivity index (χ0) is 18.5. The maximum absolute atomic E-state index is 12.1. The van der Waals surface area contributed by atoms with Crippen molar-refractivity contribution in [3.8, 4) is 0 Å². The van der Waals surface area contributed by atoms with E-state index in [2.05, 4.69) is 32.7 Å². The third-order valence-corrected chi connectivity index (χ3v) is 4.26. The Bertz CT molecular complexity index is 792. The van der Waals surface area contributed by atoms with Crippen molar-refractivity contribution < 1.29 is 9.72 Å². The first-order valence-corrected chi connectivity index (χ1v) is 8.28. The van der Waals surface area contributed by atoms with Gasteiger partial charge < -0.3 is 4.90 Å². The summed E-state index contributed by atoms with van der Waals surface area (Å²) in [5.74, 6) is 0.253. The monoisotopic (exact) mass is 357 g/mol. The molecule has 136 valence electrons. The molecule has 0 unspecified atom stereocenters. The molecule has 0 bridgehead atoms. The molecule has 3 heterocycles. The van der Waals surface area contributed by atoms with Crippen molar-refractivity contribution in [3.05, 3.63) is 46.5 Å². The van der Waals surface area contributed by atoms with Gasteiger partial charge in [0, 0.05) is 19.3 Å². The molecule has 10 heteroatoms. The van der Waals surface area contributed by atoms with Gasteiger partial charge in [-0.3, -0.25) is 30.7 Å². The van der Waals surface area contributed by atoms with Gasteiger partial charge in [-0.2, -0.15) is 0 Å². The molecule has 0 spiro atoms. The van der Waals surface area contributed by atoms with Crippen molar-refractivity contribution in [2.45, 2.75) is 19.8 Å². The predicted molar refractivity (Wildman–Crippen MR) is 94.6 cm³/mol. The second-order valence-corrected chi connectivity index (χ2v) is 6.12. The lowest BCUT2D eigenvalue weighted by atomic mass is 9.99. The smallest absolute Gasteiger partial charge is 0.351 e. The molecular weight excluding hydrogens is 338 g/mol. The van der Waals surface area contributed by atoms with Gasteiger partial charge in [0.1, 0.15) is 12.0 Å². The van der Waals surface area contributed by atoms with Gasteiger partial charge in [-0.1, -0.05) is 13.0 Å². The van der Waals surface area contributed by atoms with Crippen LogP contribution in [-0.2, 0) is 0 Å². The Morgan fingerprint density at radius 3 is 2.69 bits per heavy atom. The second kappa shape index (κ2) is 7.72. The van der Waals surface area contributed by atoms with E-state index >= 15 is 0 Å². The Labute approximate surface area is 149 Å². The van der Waals surface area contributed by atoms with Gasteiger partial charge in [0.25, 0.3) is 5.91 Å². The van der Waals surface area contributed by atoms with E-state index in [-0.39, 0.29) is 23.0 Å². The van der Waals surface area contributed by atoms with Crippen LogP contribution in [0.1, 0.15) is 30.3 Å². The molecule has 1 saturated heterocycles. The number of carbonyl (C=O) groups is 1. The van der Waals surface area contributed by atoms with Crippen molar-refractivity contribution in [3.63, 3.8) is 0 Å². The Hall–Kier alpha value is -3.30. The molecule has 1 aliphatic heterocycles. The minimum atomic E-state index is -0.539. The summed E-state index contributed by atoms with van der Waals surface area (Å²) in [5, 5.41) is 11.6. The number of amides is 1. The maximum atomic E-state index is 12.1. The third-order valence-electron chi connectivity index (χ3n) is 4.26. The quantitative estimate of drug-likeness (QED) is 0.612. The second-order valence-electron chi connectivity index (χ2n) is 6.12. The van der Waals surface area contributed by atoms with Crippen molar-refractivity contribution in [2.24, 2.45) is 5.92 Å². The number of hydrazine groups is 1. The molecule has 10 nitrogen and oxygen atoms in total. The van der Waals surface area contributed by atoms with Crippen LogP contribution >= 0.6 is 0 Å². The van der Waals surface area contributed by atoms with Crippen LogP contribution in [0.3, 0.4) is 0 Å². The molecule has 0 saturated carbocycles. The molecule has 2 aromatic rings. The van der Waals surface area contributed by atoms with Crippen LogP contribution in [0.4, 0.5) is 17.3 Å².